The average molecular weight is 316 g/mol. The van der Waals surface area contributed by atoms with Crippen LogP contribution in [0.15, 0.2) is 29.2 Å². The normalized spacial score (nSPS) is 12.7. The number of rotatable bonds is 8. The van der Waals surface area contributed by atoms with Crippen LogP contribution in [0.4, 0.5) is 5.69 Å². The van der Waals surface area contributed by atoms with Crippen LogP contribution >= 0.6 is 0 Å². The summed E-state index contributed by atoms with van der Waals surface area (Å²) in [4.78, 5) is 11.7. The van der Waals surface area contributed by atoms with Crippen molar-refractivity contribution in [2.45, 2.75) is 17.9 Å². The number of methoxy groups -OCH3 is 1. The van der Waals surface area contributed by atoms with Crippen molar-refractivity contribution in [3.05, 3.63) is 24.3 Å². The van der Waals surface area contributed by atoms with Crippen LogP contribution in [0.5, 0.6) is 0 Å². The molecule has 1 rings (SSSR count). The number of nitrogens with one attached hydrogen (secondary N) is 3. The minimum absolute atomic E-state index is 0.0240. The van der Waals surface area contributed by atoms with E-state index in [9.17, 15) is 13.2 Å². The molecule has 0 aliphatic heterocycles. The number of carbonyl (C=O) groups is 1. The summed E-state index contributed by atoms with van der Waals surface area (Å²) < 4.78 is 31.6. The highest BCUT2D eigenvalue weighted by Gasteiger charge is 2.23. The van der Waals surface area contributed by atoms with E-state index in [0.717, 1.165) is 0 Å². The molecule has 9 heteroatoms. The van der Waals surface area contributed by atoms with E-state index in [1.165, 1.54) is 26.2 Å². The van der Waals surface area contributed by atoms with Crippen molar-refractivity contribution < 1.29 is 17.9 Å². The number of anilines is 1. The second-order valence-electron chi connectivity index (χ2n) is 4.27. The molecular weight excluding hydrogens is 296 g/mol. The van der Waals surface area contributed by atoms with Gasteiger partial charge in [0.05, 0.1) is 18.3 Å². The molecule has 5 N–H and O–H groups in total. The molecule has 0 bridgehead atoms. The Morgan fingerprint density at radius 1 is 1.38 bits per heavy atom. The van der Waals surface area contributed by atoms with Crippen molar-refractivity contribution in [2.24, 2.45) is 5.84 Å². The number of nitrogens with two attached hydrogens (primary N) is 1. The van der Waals surface area contributed by atoms with E-state index in [4.69, 9.17) is 10.6 Å². The van der Waals surface area contributed by atoms with Gasteiger partial charge in [0.25, 0.3) is 0 Å². The molecule has 0 aliphatic carbocycles. The summed E-state index contributed by atoms with van der Waals surface area (Å²) >= 11 is 0. The molecule has 21 heavy (non-hydrogen) atoms. The molecule has 1 unspecified atom stereocenters. The lowest BCUT2D eigenvalue weighted by Gasteiger charge is -2.16. The first kappa shape index (κ1) is 17.4. The fraction of sp³-hybridized carbons (Fsp3) is 0.417. The number of hydrogen-bond acceptors (Lipinski definition) is 6. The third-order valence-corrected chi connectivity index (χ3v) is 4.26. The third kappa shape index (κ3) is 4.97. The number of amides is 1. The topological polar surface area (TPSA) is 123 Å². The zero-order chi connectivity index (χ0) is 15.9. The van der Waals surface area contributed by atoms with Gasteiger partial charge in [-0.1, -0.05) is 12.1 Å². The molecule has 0 aromatic heterocycles. The highest BCUT2D eigenvalue weighted by Crippen LogP contribution is 2.19. The van der Waals surface area contributed by atoms with Crippen LogP contribution < -0.4 is 21.3 Å². The van der Waals surface area contributed by atoms with E-state index in [0.29, 0.717) is 13.2 Å². The first-order valence-corrected chi connectivity index (χ1v) is 7.75. The van der Waals surface area contributed by atoms with Gasteiger partial charge in [-0.05, 0) is 19.1 Å². The quantitative estimate of drug-likeness (QED) is 0.289. The number of hydrazine groups is 1. The van der Waals surface area contributed by atoms with E-state index in [2.05, 4.69) is 15.5 Å². The van der Waals surface area contributed by atoms with Gasteiger partial charge in [-0.2, -0.15) is 4.72 Å². The minimum Gasteiger partial charge on any atom is -0.383 e. The second-order valence-corrected chi connectivity index (χ2v) is 5.95. The van der Waals surface area contributed by atoms with Crippen molar-refractivity contribution in [1.82, 2.24) is 10.0 Å². The van der Waals surface area contributed by atoms with Crippen LogP contribution in [-0.2, 0) is 19.6 Å². The number of benzene rings is 1. The lowest BCUT2D eigenvalue weighted by molar-refractivity contribution is -0.122. The molecule has 0 saturated heterocycles. The van der Waals surface area contributed by atoms with Crippen molar-refractivity contribution in [3.8, 4) is 0 Å². The van der Waals surface area contributed by atoms with E-state index in [1.54, 1.807) is 12.1 Å². The SMILES string of the molecule is COCCNC(=O)C(C)NS(=O)(=O)c1ccccc1NN. The number of carbonyl (C=O) groups excluding carboxylic acids is 1. The second kappa shape index (κ2) is 7.93. The zero-order valence-corrected chi connectivity index (χ0v) is 12.7. The Hall–Kier alpha value is -1.68. The Labute approximate surface area is 124 Å². The molecule has 0 radical (unpaired) electrons. The van der Waals surface area contributed by atoms with Gasteiger partial charge in [-0.3, -0.25) is 10.6 Å². The first-order chi connectivity index (χ1) is 9.92. The Balaban J connectivity index is 2.78. The Morgan fingerprint density at radius 2 is 2.05 bits per heavy atom. The molecule has 0 heterocycles. The number of hydrogen-bond donors (Lipinski definition) is 4. The Bertz CT molecular complexity index is 576. The molecule has 1 amide bonds. The first-order valence-electron chi connectivity index (χ1n) is 6.27. The zero-order valence-electron chi connectivity index (χ0n) is 11.9. The van der Waals surface area contributed by atoms with Gasteiger partial charge in [-0.25, -0.2) is 8.42 Å². The molecule has 1 aromatic carbocycles. The van der Waals surface area contributed by atoms with Crippen molar-refractivity contribution in [1.29, 1.82) is 0 Å². The van der Waals surface area contributed by atoms with E-state index < -0.39 is 22.0 Å². The monoisotopic (exact) mass is 316 g/mol. The van der Waals surface area contributed by atoms with Crippen molar-refractivity contribution in [3.63, 3.8) is 0 Å². The van der Waals surface area contributed by atoms with Gasteiger partial charge in [0, 0.05) is 13.7 Å². The van der Waals surface area contributed by atoms with E-state index >= 15 is 0 Å². The number of sulfonamides is 1. The summed E-state index contributed by atoms with van der Waals surface area (Å²) in [6, 6.07) is 5.22. The van der Waals surface area contributed by atoms with Crippen LogP contribution in [0.1, 0.15) is 6.92 Å². The summed E-state index contributed by atoms with van der Waals surface area (Å²) in [6.07, 6.45) is 0. The fourth-order valence-electron chi connectivity index (χ4n) is 1.60. The summed E-state index contributed by atoms with van der Waals surface area (Å²) in [5.74, 6) is 4.85. The molecule has 118 valence electrons. The third-order valence-electron chi connectivity index (χ3n) is 2.66. The van der Waals surface area contributed by atoms with Crippen LogP contribution in [0, 0.1) is 0 Å². The van der Waals surface area contributed by atoms with Gasteiger partial charge >= 0.3 is 0 Å². The number of nitrogen functional groups attached to an aromatic ring is 1. The molecule has 0 aliphatic rings. The van der Waals surface area contributed by atoms with Crippen LogP contribution in [0.2, 0.25) is 0 Å². The average Bonchev–Trinajstić information content (AvgIpc) is 2.46. The molecule has 0 fully saturated rings. The van der Waals surface area contributed by atoms with Crippen LogP contribution in [0.3, 0.4) is 0 Å². The maximum absolute atomic E-state index is 12.2. The van der Waals surface area contributed by atoms with Gasteiger partial charge in [-0.15, -0.1) is 0 Å². The summed E-state index contributed by atoms with van der Waals surface area (Å²) in [5.41, 5.74) is 2.56. The predicted octanol–water partition coefficient (Wildman–Crippen LogP) is -0.598. The molecule has 0 saturated carbocycles. The predicted molar refractivity (Wildman–Crippen MR) is 78.9 cm³/mol. The summed E-state index contributed by atoms with van der Waals surface area (Å²) in [6.45, 7) is 2.12. The van der Waals surface area contributed by atoms with Gasteiger partial charge < -0.3 is 15.5 Å². The molecule has 0 spiro atoms. The smallest absolute Gasteiger partial charge is 0.243 e. The number of ether oxygens (including phenoxy) is 1. The maximum Gasteiger partial charge on any atom is 0.243 e. The van der Waals surface area contributed by atoms with Gasteiger partial charge in [0.15, 0.2) is 0 Å². The molecule has 8 nitrogen and oxygen atoms in total. The number of para-hydroxylation sites is 1. The highest BCUT2D eigenvalue weighted by molar-refractivity contribution is 7.89. The molecule has 1 aromatic rings. The molecule has 1 atom stereocenters. The molecular formula is C12H20N4O4S. The van der Waals surface area contributed by atoms with Crippen LogP contribution in [0.25, 0.3) is 0 Å². The fourth-order valence-corrected chi connectivity index (χ4v) is 2.97. The summed E-state index contributed by atoms with van der Waals surface area (Å²) in [7, 11) is -2.35. The Kier molecular flexibility index (Phi) is 6.56. The lowest BCUT2D eigenvalue weighted by Crippen LogP contribution is -2.45. The van der Waals surface area contributed by atoms with E-state index in [-0.39, 0.29) is 10.6 Å². The minimum atomic E-state index is -3.86. The maximum atomic E-state index is 12.2. The van der Waals surface area contributed by atoms with E-state index in [1.807, 2.05) is 0 Å². The standard InChI is InChI=1S/C12H20N4O4S/c1-9(12(17)14-7-8-20-2)16-21(18,19)11-6-4-3-5-10(11)15-13/h3-6,9,15-16H,7-8,13H2,1-2H3,(H,14,17). The van der Waals surface area contributed by atoms with Crippen molar-refractivity contribution in [2.75, 3.05) is 25.7 Å². The van der Waals surface area contributed by atoms with Crippen molar-refractivity contribution >= 4 is 21.6 Å². The van der Waals surface area contributed by atoms with Crippen LogP contribution in [-0.4, -0.2) is 40.6 Å². The van der Waals surface area contributed by atoms with Gasteiger partial charge in [0.2, 0.25) is 15.9 Å². The van der Waals surface area contributed by atoms with Gasteiger partial charge in [0.1, 0.15) is 4.90 Å². The largest absolute Gasteiger partial charge is 0.383 e. The lowest BCUT2D eigenvalue weighted by atomic mass is 10.3. The summed E-state index contributed by atoms with van der Waals surface area (Å²) in [5, 5.41) is 2.55. The highest BCUT2D eigenvalue weighted by atomic mass is 32.2. The Morgan fingerprint density at radius 3 is 2.67 bits per heavy atom.